The van der Waals surface area contributed by atoms with E-state index in [2.05, 4.69) is 36.9 Å². The molecule has 36 heavy (non-hydrogen) atoms. The highest BCUT2D eigenvalue weighted by molar-refractivity contribution is 7.98. The molecule has 1 aliphatic rings. The van der Waals surface area contributed by atoms with Gasteiger partial charge in [0.05, 0.1) is 18.1 Å². The predicted molar refractivity (Wildman–Crippen MR) is 151 cm³/mol. The highest BCUT2D eigenvalue weighted by atomic mass is 32.2. The van der Waals surface area contributed by atoms with Crippen LogP contribution >= 0.6 is 11.8 Å². The zero-order valence-corrected chi connectivity index (χ0v) is 23.4. The van der Waals surface area contributed by atoms with Crippen LogP contribution in [0, 0.1) is 0 Å². The van der Waals surface area contributed by atoms with Crippen molar-refractivity contribution < 1.29 is 9.53 Å². The highest BCUT2D eigenvalue weighted by Gasteiger charge is 2.22. The van der Waals surface area contributed by atoms with E-state index in [1.165, 1.54) is 0 Å². The van der Waals surface area contributed by atoms with Gasteiger partial charge >= 0.3 is 6.03 Å². The average Bonchev–Trinajstić information content (AvgIpc) is 2.93. The summed E-state index contributed by atoms with van der Waals surface area (Å²) in [6.45, 7) is 12.0. The molecular weight excluding hydrogens is 470 g/mol. The minimum Gasteiger partial charge on any atom is -0.378 e. The van der Waals surface area contributed by atoms with Gasteiger partial charge in [0.15, 0.2) is 5.82 Å². The Bertz CT molecular complexity index is 926. The van der Waals surface area contributed by atoms with Crippen LogP contribution in [-0.4, -0.2) is 73.1 Å². The third kappa shape index (κ3) is 7.59. The lowest BCUT2D eigenvalue weighted by Crippen LogP contribution is -2.44. The van der Waals surface area contributed by atoms with Gasteiger partial charge in [-0.3, -0.25) is 4.90 Å². The van der Waals surface area contributed by atoms with E-state index in [-0.39, 0.29) is 6.03 Å². The van der Waals surface area contributed by atoms with Crippen LogP contribution in [0.2, 0.25) is 0 Å². The Hall–Kier alpha value is -2.32. The van der Waals surface area contributed by atoms with Gasteiger partial charge < -0.3 is 14.5 Å². The number of benzene rings is 1. The van der Waals surface area contributed by atoms with Crippen molar-refractivity contribution >= 4 is 29.3 Å². The molecule has 2 heterocycles. The van der Waals surface area contributed by atoms with Crippen molar-refractivity contribution in [1.82, 2.24) is 14.9 Å². The van der Waals surface area contributed by atoms with Gasteiger partial charge in [-0.05, 0) is 49.8 Å². The number of carbonyl (C=O) groups is 1. The molecule has 1 aromatic heterocycles. The molecule has 0 aliphatic carbocycles. The summed E-state index contributed by atoms with van der Waals surface area (Å²) < 4.78 is 5.52. The summed E-state index contributed by atoms with van der Waals surface area (Å²) in [5.41, 5.74) is 1.89. The maximum absolute atomic E-state index is 13.6. The Morgan fingerprint density at radius 2 is 1.58 bits per heavy atom. The van der Waals surface area contributed by atoms with Gasteiger partial charge in [-0.15, -0.1) is 11.8 Å². The molecule has 1 fully saturated rings. The Morgan fingerprint density at radius 3 is 2.17 bits per heavy atom. The standard InChI is InChI=1S/C28H43N5O2S/c1-5-8-15-32(16-9-6-2)28(34)33(17-10-7-3)24-13-11-23(12-14-24)26-29-22-25(36-4)27(30-26)31-18-20-35-21-19-31/h11-14,22H,5-10,15-21H2,1-4H3. The summed E-state index contributed by atoms with van der Waals surface area (Å²) in [6.07, 6.45) is 10.2. The third-order valence-electron chi connectivity index (χ3n) is 6.50. The third-order valence-corrected chi connectivity index (χ3v) is 7.23. The first-order chi connectivity index (χ1) is 17.6. The molecule has 0 spiro atoms. The first-order valence-electron chi connectivity index (χ1n) is 13.5. The molecule has 0 radical (unpaired) electrons. The first-order valence-corrected chi connectivity index (χ1v) is 14.8. The summed E-state index contributed by atoms with van der Waals surface area (Å²) in [6, 6.07) is 8.29. The molecule has 0 saturated carbocycles. The van der Waals surface area contributed by atoms with Crippen LogP contribution < -0.4 is 9.80 Å². The lowest BCUT2D eigenvalue weighted by molar-refractivity contribution is 0.122. The number of urea groups is 1. The minimum absolute atomic E-state index is 0.119. The molecule has 0 unspecified atom stereocenters. The smallest absolute Gasteiger partial charge is 0.324 e. The van der Waals surface area contributed by atoms with Crippen molar-refractivity contribution in [3.63, 3.8) is 0 Å². The number of unbranched alkanes of at least 4 members (excludes halogenated alkanes) is 3. The number of anilines is 2. The van der Waals surface area contributed by atoms with E-state index in [0.717, 1.165) is 106 Å². The molecule has 1 aromatic carbocycles. The maximum atomic E-state index is 13.6. The molecule has 198 valence electrons. The normalized spacial score (nSPS) is 13.6. The Labute approximate surface area is 221 Å². The zero-order chi connectivity index (χ0) is 25.8. The van der Waals surface area contributed by atoms with Crippen molar-refractivity contribution in [2.45, 2.75) is 64.2 Å². The molecule has 2 amide bonds. The molecule has 8 heteroatoms. The van der Waals surface area contributed by atoms with E-state index in [1.54, 1.807) is 11.8 Å². The molecule has 7 nitrogen and oxygen atoms in total. The summed E-state index contributed by atoms with van der Waals surface area (Å²) in [4.78, 5) is 30.6. The topological polar surface area (TPSA) is 61.8 Å². The number of hydrogen-bond acceptors (Lipinski definition) is 6. The molecular formula is C28H43N5O2S. The summed E-state index contributed by atoms with van der Waals surface area (Å²) in [5.74, 6) is 1.68. The number of carbonyl (C=O) groups excluding carboxylic acids is 1. The van der Waals surface area contributed by atoms with Gasteiger partial charge in [0, 0.05) is 50.2 Å². The Kier molecular flexibility index (Phi) is 11.8. The van der Waals surface area contributed by atoms with Gasteiger partial charge in [0.1, 0.15) is 5.82 Å². The number of thioether (sulfide) groups is 1. The lowest BCUT2D eigenvalue weighted by atomic mass is 10.1. The van der Waals surface area contributed by atoms with Crippen LogP contribution in [0.4, 0.5) is 16.3 Å². The second-order valence-electron chi connectivity index (χ2n) is 9.21. The fraction of sp³-hybridized carbons (Fsp3) is 0.607. The van der Waals surface area contributed by atoms with E-state index in [1.807, 2.05) is 40.3 Å². The van der Waals surface area contributed by atoms with Crippen LogP contribution in [0.3, 0.4) is 0 Å². The van der Waals surface area contributed by atoms with Gasteiger partial charge in [0.2, 0.25) is 0 Å². The minimum atomic E-state index is 0.119. The van der Waals surface area contributed by atoms with E-state index in [9.17, 15) is 4.79 Å². The van der Waals surface area contributed by atoms with Crippen LogP contribution in [0.15, 0.2) is 35.4 Å². The summed E-state index contributed by atoms with van der Waals surface area (Å²) in [7, 11) is 0. The number of rotatable bonds is 13. The molecule has 2 aromatic rings. The Balaban J connectivity index is 1.84. The molecule has 0 atom stereocenters. The molecule has 3 rings (SSSR count). The van der Waals surface area contributed by atoms with Gasteiger partial charge in [-0.2, -0.15) is 0 Å². The average molecular weight is 514 g/mol. The fourth-order valence-corrected chi connectivity index (χ4v) is 4.78. The lowest BCUT2D eigenvalue weighted by Gasteiger charge is -2.31. The fourth-order valence-electron chi connectivity index (χ4n) is 4.26. The van der Waals surface area contributed by atoms with Crippen LogP contribution in [-0.2, 0) is 4.74 Å². The maximum Gasteiger partial charge on any atom is 0.324 e. The molecule has 1 aliphatic heterocycles. The van der Waals surface area contributed by atoms with E-state index in [4.69, 9.17) is 9.72 Å². The largest absolute Gasteiger partial charge is 0.378 e. The number of aromatic nitrogens is 2. The first kappa shape index (κ1) is 28.3. The van der Waals surface area contributed by atoms with Gasteiger partial charge in [-0.25, -0.2) is 14.8 Å². The zero-order valence-electron chi connectivity index (χ0n) is 22.5. The Morgan fingerprint density at radius 1 is 0.972 bits per heavy atom. The van der Waals surface area contributed by atoms with Gasteiger partial charge in [0.25, 0.3) is 0 Å². The van der Waals surface area contributed by atoms with E-state index < -0.39 is 0 Å². The molecule has 1 saturated heterocycles. The highest BCUT2D eigenvalue weighted by Crippen LogP contribution is 2.30. The number of amides is 2. The van der Waals surface area contributed by atoms with Crippen molar-refractivity contribution in [2.75, 3.05) is 62.0 Å². The second-order valence-corrected chi connectivity index (χ2v) is 10.1. The van der Waals surface area contributed by atoms with Crippen molar-refractivity contribution in [2.24, 2.45) is 0 Å². The monoisotopic (exact) mass is 513 g/mol. The van der Waals surface area contributed by atoms with Crippen molar-refractivity contribution in [3.05, 3.63) is 30.5 Å². The number of nitrogens with zero attached hydrogens (tertiary/aromatic N) is 5. The number of morpholine rings is 1. The van der Waals surface area contributed by atoms with Crippen LogP contribution in [0.5, 0.6) is 0 Å². The van der Waals surface area contributed by atoms with Crippen molar-refractivity contribution in [1.29, 1.82) is 0 Å². The quantitative estimate of drug-likeness (QED) is 0.292. The van der Waals surface area contributed by atoms with Crippen LogP contribution in [0.25, 0.3) is 11.4 Å². The molecule has 0 bridgehead atoms. The number of ether oxygens (including phenoxy) is 1. The summed E-state index contributed by atoms with van der Waals surface area (Å²) >= 11 is 1.67. The van der Waals surface area contributed by atoms with E-state index >= 15 is 0 Å². The van der Waals surface area contributed by atoms with Gasteiger partial charge in [-0.1, -0.05) is 40.0 Å². The molecule has 0 N–H and O–H groups in total. The second kappa shape index (κ2) is 15.1. The summed E-state index contributed by atoms with van der Waals surface area (Å²) in [5, 5.41) is 0. The van der Waals surface area contributed by atoms with Crippen molar-refractivity contribution in [3.8, 4) is 11.4 Å². The van der Waals surface area contributed by atoms with E-state index in [0.29, 0.717) is 5.82 Å². The predicted octanol–water partition coefficient (Wildman–Crippen LogP) is 6.33. The van der Waals surface area contributed by atoms with Crippen LogP contribution in [0.1, 0.15) is 59.3 Å². The SMILES string of the molecule is CCCCN(CCCC)C(=O)N(CCCC)c1ccc(-c2ncc(SC)c(N3CCOCC3)n2)cc1. The number of hydrogen-bond donors (Lipinski definition) is 0.